The highest BCUT2D eigenvalue weighted by Crippen LogP contribution is 2.25. The van der Waals surface area contributed by atoms with Crippen molar-refractivity contribution < 1.29 is 0 Å². The van der Waals surface area contributed by atoms with E-state index in [-0.39, 0.29) is 0 Å². The van der Waals surface area contributed by atoms with Gasteiger partial charge in [-0.25, -0.2) is 9.97 Å². The number of hydrogen-bond donors (Lipinski definition) is 1. The third kappa shape index (κ3) is 3.25. The second kappa shape index (κ2) is 6.01. The minimum Gasteiger partial charge on any atom is -0.316 e. The molecule has 21 heavy (non-hydrogen) atoms. The molecule has 0 aromatic carbocycles. The molecule has 0 radical (unpaired) electrons. The summed E-state index contributed by atoms with van der Waals surface area (Å²) in [6, 6.07) is 8.08. The zero-order valence-electron chi connectivity index (χ0n) is 12.0. The predicted octanol–water partition coefficient (Wildman–Crippen LogP) is 4.21. The van der Waals surface area contributed by atoms with E-state index >= 15 is 0 Å². The fourth-order valence-corrected chi connectivity index (χ4v) is 2.66. The van der Waals surface area contributed by atoms with Crippen LogP contribution < -0.4 is 5.32 Å². The molecule has 0 aliphatic heterocycles. The van der Waals surface area contributed by atoms with Gasteiger partial charge in [-0.3, -0.25) is 4.98 Å². The summed E-state index contributed by atoms with van der Waals surface area (Å²) in [6.45, 7) is 4.16. The van der Waals surface area contributed by atoms with E-state index < -0.39 is 0 Å². The molecule has 0 spiro atoms. The van der Waals surface area contributed by atoms with E-state index in [1.165, 1.54) is 11.1 Å². The average molecular weight is 296 g/mol. The molecular formula is C16H16N4S. The molecule has 3 heterocycles. The monoisotopic (exact) mass is 296 g/mol. The van der Waals surface area contributed by atoms with E-state index in [9.17, 15) is 0 Å². The van der Waals surface area contributed by atoms with Crippen LogP contribution in [0.3, 0.4) is 0 Å². The van der Waals surface area contributed by atoms with Gasteiger partial charge in [0.25, 0.3) is 0 Å². The van der Waals surface area contributed by atoms with Crippen molar-refractivity contribution in [3.05, 3.63) is 53.2 Å². The molecule has 0 saturated heterocycles. The first-order chi connectivity index (χ1) is 10.2. The minimum atomic E-state index is 0.810. The SMILES string of the molecule is CCc1ccc(-c2csc(Nc3cc(C)ccn3)n2)nc1. The molecular weight excluding hydrogens is 280 g/mol. The molecule has 0 aliphatic carbocycles. The molecule has 0 saturated carbocycles. The molecule has 0 aliphatic rings. The molecule has 0 amide bonds. The molecule has 0 atom stereocenters. The lowest BCUT2D eigenvalue weighted by atomic mass is 10.2. The van der Waals surface area contributed by atoms with Gasteiger partial charge < -0.3 is 5.32 Å². The lowest BCUT2D eigenvalue weighted by Gasteiger charge is -2.02. The van der Waals surface area contributed by atoms with Crippen LogP contribution in [0.15, 0.2) is 42.0 Å². The maximum absolute atomic E-state index is 4.57. The highest BCUT2D eigenvalue weighted by molar-refractivity contribution is 7.14. The smallest absolute Gasteiger partial charge is 0.188 e. The van der Waals surface area contributed by atoms with Crippen LogP contribution in [0.1, 0.15) is 18.1 Å². The molecule has 0 bridgehead atoms. The second-order valence-corrected chi connectivity index (χ2v) is 5.64. The molecule has 3 rings (SSSR count). The Hall–Kier alpha value is -2.27. The summed E-state index contributed by atoms with van der Waals surface area (Å²) in [5, 5.41) is 6.06. The largest absolute Gasteiger partial charge is 0.316 e. The summed E-state index contributed by atoms with van der Waals surface area (Å²) in [4.78, 5) is 13.3. The van der Waals surface area contributed by atoms with E-state index in [1.54, 1.807) is 17.5 Å². The molecule has 3 aromatic rings. The quantitative estimate of drug-likeness (QED) is 0.783. The van der Waals surface area contributed by atoms with Crippen LogP contribution in [-0.4, -0.2) is 15.0 Å². The van der Waals surface area contributed by atoms with Crippen molar-refractivity contribution in [1.29, 1.82) is 0 Å². The highest BCUT2D eigenvalue weighted by Gasteiger charge is 2.06. The highest BCUT2D eigenvalue weighted by atomic mass is 32.1. The van der Waals surface area contributed by atoms with Crippen LogP contribution in [0.2, 0.25) is 0 Å². The van der Waals surface area contributed by atoms with Crippen LogP contribution in [-0.2, 0) is 6.42 Å². The van der Waals surface area contributed by atoms with Crippen LogP contribution >= 0.6 is 11.3 Å². The van der Waals surface area contributed by atoms with E-state index in [0.29, 0.717) is 0 Å². The number of nitrogens with zero attached hydrogens (tertiary/aromatic N) is 3. The zero-order valence-corrected chi connectivity index (χ0v) is 12.8. The van der Waals surface area contributed by atoms with Gasteiger partial charge in [0.2, 0.25) is 0 Å². The van der Waals surface area contributed by atoms with Crippen LogP contribution in [0.5, 0.6) is 0 Å². The summed E-state index contributed by atoms with van der Waals surface area (Å²) < 4.78 is 0. The van der Waals surface area contributed by atoms with Crippen LogP contribution in [0, 0.1) is 6.92 Å². The minimum absolute atomic E-state index is 0.810. The number of aromatic nitrogens is 3. The van der Waals surface area contributed by atoms with E-state index in [2.05, 4.69) is 33.3 Å². The number of hydrogen-bond acceptors (Lipinski definition) is 5. The first-order valence-corrected chi connectivity index (χ1v) is 7.73. The molecule has 3 aromatic heterocycles. The number of pyridine rings is 2. The zero-order chi connectivity index (χ0) is 14.7. The molecule has 106 valence electrons. The maximum atomic E-state index is 4.57. The first-order valence-electron chi connectivity index (χ1n) is 6.85. The van der Waals surface area contributed by atoms with Crippen molar-refractivity contribution in [3.8, 4) is 11.4 Å². The summed E-state index contributed by atoms with van der Waals surface area (Å²) >= 11 is 1.55. The summed E-state index contributed by atoms with van der Waals surface area (Å²) in [5.41, 5.74) is 4.18. The number of nitrogens with one attached hydrogen (secondary N) is 1. The van der Waals surface area contributed by atoms with Gasteiger partial charge >= 0.3 is 0 Å². The third-order valence-corrected chi connectivity index (χ3v) is 3.91. The standard InChI is InChI=1S/C16H16N4S/c1-3-12-4-5-13(18-9-12)14-10-21-16(19-14)20-15-8-11(2)6-7-17-15/h4-10H,3H2,1-2H3,(H,17,19,20). The summed E-state index contributed by atoms with van der Waals surface area (Å²) in [7, 11) is 0. The molecule has 0 unspecified atom stereocenters. The Morgan fingerprint density at radius 3 is 2.76 bits per heavy atom. The van der Waals surface area contributed by atoms with Crippen LogP contribution in [0.4, 0.5) is 10.9 Å². The van der Waals surface area contributed by atoms with E-state index in [1.807, 2.05) is 36.7 Å². The fourth-order valence-electron chi connectivity index (χ4n) is 1.95. The fraction of sp³-hybridized carbons (Fsp3) is 0.188. The summed E-state index contributed by atoms with van der Waals surface area (Å²) in [6.07, 6.45) is 4.69. The average Bonchev–Trinajstić information content (AvgIpc) is 2.96. The molecule has 1 N–H and O–H groups in total. The van der Waals surface area contributed by atoms with Crippen molar-refractivity contribution >= 4 is 22.3 Å². The van der Waals surface area contributed by atoms with E-state index in [4.69, 9.17) is 0 Å². The normalized spacial score (nSPS) is 10.6. The molecule has 5 heteroatoms. The Morgan fingerprint density at radius 1 is 1.14 bits per heavy atom. The van der Waals surface area contributed by atoms with Gasteiger partial charge in [-0.2, -0.15) is 0 Å². The number of anilines is 2. The Bertz CT molecular complexity index is 734. The third-order valence-electron chi connectivity index (χ3n) is 3.15. The Morgan fingerprint density at radius 2 is 2.05 bits per heavy atom. The number of aryl methyl sites for hydroxylation is 2. The van der Waals surface area contributed by atoms with Gasteiger partial charge in [-0.05, 0) is 42.7 Å². The van der Waals surface area contributed by atoms with Gasteiger partial charge in [0.05, 0.1) is 5.69 Å². The predicted molar refractivity (Wildman–Crippen MR) is 87.0 cm³/mol. The maximum Gasteiger partial charge on any atom is 0.188 e. The second-order valence-electron chi connectivity index (χ2n) is 4.79. The van der Waals surface area contributed by atoms with Gasteiger partial charge in [-0.15, -0.1) is 11.3 Å². The van der Waals surface area contributed by atoms with Crippen molar-refractivity contribution in [2.75, 3.05) is 5.32 Å². The Balaban J connectivity index is 1.79. The van der Waals surface area contributed by atoms with Crippen molar-refractivity contribution in [2.24, 2.45) is 0 Å². The lowest BCUT2D eigenvalue weighted by Crippen LogP contribution is -1.93. The van der Waals surface area contributed by atoms with Gasteiger partial charge in [0.1, 0.15) is 11.5 Å². The van der Waals surface area contributed by atoms with Gasteiger partial charge in [-0.1, -0.05) is 13.0 Å². The van der Waals surface area contributed by atoms with Crippen LogP contribution in [0.25, 0.3) is 11.4 Å². The topological polar surface area (TPSA) is 50.7 Å². The molecule has 0 fully saturated rings. The molecule has 4 nitrogen and oxygen atoms in total. The summed E-state index contributed by atoms with van der Waals surface area (Å²) in [5.74, 6) is 0.810. The Labute approximate surface area is 127 Å². The van der Waals surface area contributed by atoms with Gasteiger partial charge in [0.15, 0.2) is 5.13 Å². The number of rotatable bonds is 4. The van der Waals surface area contributed by atoms with Crippen molar-refractivity contribution in [1.82, 2.24) is 15.0 Å². The van der Waals surface area contributed by atoms with Gasteiger partial charge in [0, 0.05) is 17.8 Å². The van der Waals surface area contributed by atoms with Crippen molar-refractivity contribution in [3.63, 3.8) is 0 Å². The first kappa shape index (κ1) is 13.7. The number of thiazole rings is 1. The lowest BCUT2D eigenvalue weighted by molar-refractivity contribution is 1.10. The van der Waals surface area contributed by atoms with Crippen molar-refractivity contribution in [2.45, 2.75) is 20.3 Å². The Kier molecular flexibility index (Phi) is 3.92. The van der Waals surface area contributed by atoms with E-state index in [0.717, 1.165) is 28.8 Å².